The molecule has 0 saturated carbocycles. The van der Waals surface area contributed by atoms with Gasteiger partial charge in [0, 0.05) is 0 Å². The van der Waals surface area contributed by atoms with Crippen molar-refractivity contribution in [2.45, 2.75) is 26.7 Å². The molecule has 100 valence electrons. The molecule has 2 aromatic rings. The van der Waals surface area contributed by atoms with Gasteiger partial charge in [0.2, 0.25) is 0 Å². The summed E-state index contributed by atoms with van der Waals surface area (Å²) in [5.41, 5.74) is 2.46. The first-order valence-corrected chi connectivity index (χ1v) is 6.58. The van der Waals surface area contributed by atoms with Crippen molar-refractivity contribution >= 4 is 11.6 Å². The van der Waals surface area contributed by atoms with Gasteiger partial charge in [0.25, 0.3) is 0 Å². The average Bonchev–Trinajstić information content (AvgIpc) is 2.32. The summed E-state index contributed by atoms with van der Waals surface area (Å²) in [4.78, 5) is 0. The molecule has 0 radical (unpaired) electrons. The minimum absolute atomic E-state index is 0.269. The molecule has 19 heavy (non-hydrogen) atoms. The maximum absolute atomic E-state index is 13.0. The molecule has 2 aromatic carbocycles. The molecule has 0 atom stereocenters. The van der Waals surface area contributed by atoms with Gasteiger partial charge in [0.05, 0.1) is 5.02 Å². The lowest BCUT2D eigenvalue weighted by molar-refractivity contribution is 0.480. The first-order valence-electron chi connectivity index (χ1n) is 6.21. The summed E-state index contributed by atoms with van der Waals surface area (Å²) in [6.45, 7) is 6.36. The van der Waals surface area contributed by atoms with Crippen molar-refractivity contribution in [3.8, 4) is 11.5 Å². The van der Waals surface area contributed by atoms with E-state index in [9.17, 15) is 4.39 Å². The Bertz CT molecular complexity index is 593. The molecular weight excluding hydrogens is 263 g/mol. The van der Waals surface area contributed by atoms with E-state index in [4.69, 9.17) is 16.3 Å². The lowest BCUT2D eigenvalue weighted by atomic mass is 9.98. The van der Waals surface area contributed by atoms with Crippen LogP contribution in [0.25, 0.3) is 0 Å². The van der Waals surface area contributed by atoms with Gasteiger partial charge < -0.3 is 4.74 Å². The molecule has 0 unspecified atom stereocenters. The second-order valence-electron chi connectivity index (χ2n) is 4.85. The SMILES string of the molecule is Cc1cc(Oc2ccc(F)cc2Cl)ccc1C(C)C. The van der Waals surface area contributed by atoms with E-state index in [2.05, 4.69) is 20.8 Å². The third kappa shape index (κ3) is 3.27. The minimum Gasteiger partial charge on any atom is -0.456 e. The molecule has 3 heteroatoms. The smallest absolute Gasteiger partial charge is 0.146 e. The molecule has 2 rings (SSSR count). The number of halogens is 2. The summed E-state index contributed by atoms with van der Waals surface area (Å²) in [6.07, 6.45) is 0. The van der Waals surface area contributed by atoms with E-state index in [0.29, 0.717) is 17.4 Å². The van der Waals surface area contributed by atoms with Crippen LogP contribution in [0, 0.1) is 12.7 Å². The number of ether oxygens (including phenoxy) is 1. The highest BCUT2D eigenvalue weighted by Crippen LogP contribution is 2.31. The number of hydrogen-bond donors (Lipinski definition) is 0. The minimum atomic E-state index is -0.372. The van der Waals surface area contributed by atoms with Gasteiger partial charge in [0.1, 0.15) is 17.3 Å². The molecule has 0 fully saturated rings. The quantitative estimate of drug-likeness (QED) is 0.699. The van der Waals surface area contributed by atoms with Crippen molar-refractivity contribution in [3.05, 3.63) is 58.4 Å². The van der Waals surface area contributed by atoms with Gasteiger partial charge >= 0.3 is 0 Å². The summed E-state index contributed by atoms with van der Waals surface area (Å²) in [5, 5.41) is 0.269. The lowest BCUT2D eigenvalue weighted by Crippen LogP contribution is -1.93. The summed E-state index contributed by atoms with van der Waals surface area (Å²) in [7, 11) is 0. The van der Waals surface area contributed by atoms with E-state index in [1.807, 2.05) is 18.2 Å². The van der Waals surface area contributed by atoms with Crippen molar-refractivity contribution in [2.75, 3.05) is 0 Å². The van der Waals surface area contributed by atoms with Gasteiger partial charge in [-0.15, -0.1) is 0 Å². The van der Waals surface area contributed by atoms with Gasteiger partial charge in [-0.2, -0.15) is 0 Å². The molecule has 0 aliphatic rings. The Morgan fingerprint density at radius 2 is 1.84 bits per heavy atom. The molecule has 0 N–H and O–H groups in total. The Kier molecular flexibility index (Phi) is 4.11. The Hall–Kier alpha value is -1.54. The van der Waals surface area contributed by atoms with Crippen molar-refractivity contribution in [2.24, 2.45) is 0 Å². The predicted octanol–water partition coefficient (Wildman–Crippen LogP) is 5.70. The number of benzene rings is 2. The fourth-order valence-corrected chi connectivity index (χ4v) is 2.25. The van der Waals surface area contributed by atoms with Crippen molar-refractivity contribution in [1.29, 1.82) is 0 Å². The normalized spacial score (nSPS) is 10.8. The van der Waals surface area contributed by atoms with Gasteiger partial charge in [-0.1, -0.05) is 31.5 Å². The summed E-state index contributed by atoms with van der Waals surface area (Å²) in [6, 6.07) is 10.0. The van der Waals surface area contributed by atoms with Gasteiger partial charge in [-0.25, -0.2) is 4.39 Å². The average molecular weight is 279 g/mol. The van der Waals surface area contributed by atoms with Crippen LogP contribution in [-0.4, -0.2) is 0 Å². The predicted molar refractivity (Wildman–Crippen MR) is 76.8 cm³/mol. The highest BCUT2D eigenvalue weighted by atomic mass is 35.5. The molecule has 0 aliphatic heterocycles. The van der Waals surface area contributed by atoms with Crippen LogP contribution >= 0.6 is 11.6 Å². The zero-order valence-electron chi connectivity index (χ0n) is 11.2. The number of hydrogen-bond acceptors (Lipinski definition) is 1. The Morgan fingerprint density at radius 3 is 2.42 bits per heavy atom. The third-order valence-electron chi connectivity index (χ3n) is 2.99. The third-order valence-corrected chi connectivity index (χ3v) is 3.28. The topological polar surface area (TPSA) is 9.23 Å². The second-order valence-corrected chi connectivity index (χ2v) is 5.26. The number of aryl methyl sites for hydroxylation is 1. The zero-order valence-corrected chi connectivity index (χ0v) is 12.0. The summed E-state index contributed by atoms with van der Waals surface area (Å²) >= 11 is 5.94. The van der Waals surface area contributed by atoms with E-state index < -0.39 is 0 Å². The van der Waals surface area contributed by atoms with Crippen molar-refractivity contribution in [3.63, 3.8) is 0 Å². The molecule has 0 bridgehead atoms. The van der Waals surface area contributed by atoms with Gasteiger partial charge in [0.15, 0.2) is 0 Å². The molecule has 0 aliphatic carbocycles. The first kappa shape index (κ1) is 13.9. The summed E-state index contributed by atoms with van der Waals surface area (Å²) in [5.74, 6) is 1.27. The highest BCUT2D eigenvalue weighted by molar-refractivity contribution is 6.32. The van der Waals surface area contributed by atoms with Crippen LogP contribution in [0.15, 0.2) is 36.4 Å². The second kappa shape index (κ2) is 5.62. The fourth-order valence-electron chi connectivity index (χ4n) is 2.04. The lowest BCUT2D eigenvalue weighted by Gasteiger charge is -2.13. The van der Waals surface area contributed by atoms with E-state index in [1.165, 1.54) is 29.3 Å². The maximum Gasteiger partial charge on any atom is 0.146 e. The van der Waals surface area contributed by atoms with Crippen LogP contribution in [0.4, 0.5) is 4.39 Å². The van der Waals surface area contributed by atoms with Crippen LogP contribution in [0.2, 0.25) is 5.02 Å². The van der Waals surface area contributed by atoms with E-state index in [1.54, 1.807) is 0 Å². The Morgan fingerprint density at radius 1 is 1.11 bits per heavy atom. The molecular formula is C16H16ClFO. The Labute approximate surface area is 118 Å². The van der Waals surface area contributed by atoms with Gasteiger partial charge in [-0.05, 0) is 54.3 Å². The number of rotatable bonds is 3. The molecule has 0 spiro atoms. The molecule has 1 nitrogen and oxygen atoms in total. The monoisotopic (exact) mass is 278 g/mol. The van der Waals surface area contributed by atoms with Crippen LogP contribution in [-0.2, 0) is 0 Å². The van der Waals surface area contributed by atoms with Crippen LogP contribution in [0.1, 0.15) is 30.9 Å². The molecule has 0 amide bonds. The molecule has 0 saturated heterocycles. The fraction of sp³-hybridized carbons (Fsp3) is 0.250. The Balaban J connectivity index is 2.26. The van der Waals surface area contributed by atoms with Crippen molar-refractivity contribution in [1.82, 2.24) is 0 Å². The van der Waals surface area contributed by atoms with E-state index in [0.717, 1.165) is 0 Å². The largest absolute Gasteiger partial charge is 0.456 e. The zero-order chi connectivity index (χ0) is 14.0. The van der Waals surface area contributed by atoms with E-state index in [-0.39, 0.29) is 10.8 Å². The van der Waals surface area contributed by atoms with Crippen LogP contribution < -0.4 is 4.74 Å². The van der Waals surface area contributed by atoms with Crippen LogP contribution in [0.5, 0.6) is 11.5 Å². The highest BCUT2D eigenvalue weighted by Gasteiger charge is 2.07. The summed E-state index contributed by atoms with van der Waals surface area (Å²) < 4.78 is 18.6. The molecule has 0 aromatic heterocycles. The maximum atomic E-state index is 13.0. The van der Waals surface area contributed by atoms with Gasteiger partial charge in [-0.3, -0.25) is 0 Å². The van der Waals surface area contributed by atoms with E-state index >= 15 is 0 Å². The van der Waals surface area contributed by atoms with Crippen LogP contribution in [0.3, 0.4) is 0 Å². The van der Waals surface area contributed by atoms with Crippen molar-refractivity contribution < 1.29 is 9.13 Å². The first-order chi connectivity index (χ1) is 8.97. The standard InChI is InChI=1S/C16H16ClFO/c1-10(2)14-6-5-13(8-11(14)3)19-16-7-4-12(18)9-15(16)17/h4-10H,1-3H3. The molecule has 0 heterocycles.